The number of piperidine rings is 1. The van der Waals surface area contributed by atoms with Crippen LogP contribution in [0.3, 0.4) is 0 Å². The summed E-state index contributed by atoms with van der Waals surface area (Å²) in [6.07, 6.45) is 10.9. The average molecular weight is 389 g/mol. The first-order chi connectivity index (χ1) is 14.2. The molecule has 0 aliphatic carbocycles. The van der Waals surface area contributed by atoms with Crippen molar-refractivity contribution in [3.8, 4) is 12.3 Å². The van der Waals surface area contributed by atoms with Gasteiger partial charge in [0.1, 0.15) is 17.8 Å². The third-order valence-corrected chi connectivity index (χ3v) is 5.67. The molecule has 0 atom stereocenters. The zero-order valence-electron chi connectivity index (χ0n) is 16.1. The molecule has 1 aromatic carbocycles. The Balaban J connectivity index is 1.37. The van der Waals surface area contributed by atoms with Crippen molar-refractivity contribution in [3.63, 3.8) is 0 Å². The molecule has 2 saturated heterocycles. The smallest absolute Gasteiger partial charge is 0.170 e. The summed E-state index contributed by atoms with van der Waals surface area (Å²) in [6, 6.07) is 7.76. The molecule has 5 rings (SSSR count). The van der Waals surface area contributed by atoms with Gasteiger partial charge in [-0.3, -0.25) is 4.90 Å². The van der Waals surface area contributed by atoms with Crippen molar-refractivity contribution in [2.75, 3.05) is 31.6 Å². The van der Waals surface area contributed by atoms with Crippen LogP contribution in [-0.4, -0.2) is 51.9 Å². The number of benzene rings is 1. The molecule has 2 aliphatic rings. The van der Waals surface area contributed by atoms with E-state index in [1.807, 2.05) is 30.5 Å². The predicted octanol–water partition coefficient (Wildman–Crippen LogP) is 3.02. The lowest BCUT2D eigenvalue weighted by molar-refractivity contribution is -0.185. The fourth-order valence-electron chi connectivity index (χ4n) is 4.15. The van der Waals surface area contributed by atoms with Crippen LogP contribution in [0.2, 0.25) is 0 Å². The number of aromatic nitrogens is 3. The minimum atomic E-state index is -0.353. The van der Waals surface area contributed by atoms with E-state index in [-0.39, 0.29) is 5.79 Å². The number of nitrogens with one attached hydrogen (secondary N) is 2. The van der Waals surface area contributed by atoms with Crippen molar-refractivity contribution < 1.29 is 9.47 Å². The van der Waals surface area contributed by atoms with E-state index in [1.165, 1.54) is 5.56 Å². The molecule has 148 valence electrons. The van der Waals surface area contributed by atoms with E-state index in [9.17, 15) is 0 Å². The van der Waals surface area contributed by atoms with E-state index in [0.717, 1.165) is 60.6 Å². The monoisotopic (exact) mass is 389 g/mol. The van der Waals surface area contributed by atoms with Crippen LogP contribution in [0, 0.1) is 12.3 Å². The first-order valence-electron chi connectivity index (χ1n) is 9.90. The molecular formula is C22H23N5O2. The second kappa shape index (κ2) is 7.48. The van der Waals surface area contributed by atoms with Gasteiger partial charge in [-0.2, -0.15) is 0 Å². The van der Waals surface area contributed by atoms with Crippen molar-refractivity contribution in [1.82, 2.24) is 19.9 Å². The third-order valence-electron chi connectivity index (χ3n) is 5.67. The number of hydrogen-bond acceptors (Lipinski definition) is 6. The van der Waals surface area contributed by atoms with Crippen LogP contribution < -0.4 is 5.32 Å². The molecule has 2 aliphatic heterocycles. The van der Waals surface area contributed by atoms with Crippen molar-refractivity contribution in [1.29, 1.82) is 0 Å². The van der Waals surface area contributed by atoms with Crippen LogP contribution in [0.4, 0.5) is 11.5 Å². The summed E-state index contributed by atoms with van der Waals surface area (Å²) >= 11 is 0. The third kappa shape index (κ3) is 3.58. The van der Waals surface area contributed by atoms with Crippen LogP contribution in [0.15, 0.2) is 36.8 Å². The van der Waals surface area contributed by atoms with Gasteiger partial charge in [0.15, 0.2) is 5.79 Å². The summed E-state index contributed by atoms with van der Waals surface area (Å²) in [4.78, 5) is 14.6. The van der Waals surface area contributed by atoms with Crippen LogP contribution in [0.25, 0.3) is 11.0 Å². The molecule has 2 fully saturated rings. The van der Waals surface area contributed by atoms with Gasteiger partial charge in [0.25, 0.3) is 0 Å². The Bertz CT molecular complexity index is 1050. The molecule has 0 bridgehead atoms. The van der Waals surface area contributed by atoms with E-state index < -0.39 is 0 Å². The zero-order chi connectivity index (χ0) is 19.7. The van der Waals surface area contributed by atoms with Crippen molar-refractivity contribution >= 4 is 22.5 Å². The summed E-state index contributed by atoms with van der Waals surface area (Å²) in [5.41, 5.74) is 3.72. The van der Waals surface area contributed by atoms with Gasteiger partial charge in [0.05, 0.1) is 18.6 Å². The Hall–Kier alpha value is -2.92. The highest BCUT2D eigenvalue weighted by Gasteiger charge is 2.39. The Kier molecular flexibility index (Phi) is 4.68. The van der Waals surface area contributed by atoms with Crippen LogP contribution in [0.1, 0.15) is 24.0 Å². The maximum Gasteiger partial charge on any atom is 0.170 e. The van der Waals surface area contributed by atoms with E-state index in [1.54, 1.807) is 6.33 Å². The number of anilines is 2. The molecule has 2 N–H and O–H groups in total. The highest BCUT2D eigenvalue weighted by molar-refractivity contribution is 5.92. The fourth-order valence-corrected chi connectivity index (χ4v) is 4.15. The molecule has 0 saturated carbocycles. The van der Waals surface area contributed by atoms with Crippen molar-refractivity contribution in [2.45, 2.75) is 25.2 Å². The van der Waals surface area contributed by atoms with Crippen LogP contribution in [-0.2, 0) is 16.0 Å². The quantitative estimate of drug-likeness (QED) is 0.668. The van der Waals surface area contributed by atoms with E-state index >= 15 is 0 Å². The van der Waals surface area contributed by atoms with Gasteiger partial charge >= 0.3 is 0 Å². The first kappa shape index (κ1) is 18.1. The molecule has 29 heavy (non-hydrogen) atoms. The fraction of sp³-hybridized carbons (Fsp3) is 0.364. The highest BCUT2D eigenvalue weighted by atomic mass is 16.7. The number of ether oxygens (including phenoxy) is 2. The molecule has 3 aromatic rings. The number of rotatable bonds is 4. The van der Waals surface area contributed by atoms with E-state index in [4.69, 9.17) is 15.9 Å². The van der Waals surface area contributed by atoms with Gasteiger partial charge in [-0.15, -0.1) is 6.42 Å². The molecule has 2 aromatic heterocycles. The average Bonchev–Trinajstić information content (AvgIpc) is 3.38. The second-order valence-corrected chi connectivity index (χ2v) is 7.49. The zero-order valence-corrected chi connectivity index (χ0v) is 16.1. The largest absolute Gasteiger partial charge is 0.347 e. The SMILES string of the molecule is C#Cc1cccc(Nc2ncnc3[nH]cc(CN4CCC5(CC4)OCCO5)c23)c1. The second-order valence-electron chi connectivity index (χ2n) is 7.49. The maximum atomic E-state index is 5.84. The molecule has 7 nitrogen and oxygen atoms in total. The molecule has 1 spiro atoms. The summed E-state index contributed by atoms with van der Waals surface area (Å²) < 4.78 is 11.7. The van der Waals surface area contributed by atoms with Gasteiger partial charge in [-0.05, 0) is 23.8 Å². The number of H-pyrrole nitrogens is 1. The molecule has 0 radical (unpaired) electrons. The predicted molar refractivity (Wildman–Crippen MR) is 111 cm³/mol. The van der Waals surface area contributed by atoms with E-state index in [2.05, 4.69) is 31.1 Å². The number of terminal acetylenes is 1. The van der Waals surface area contributed by atoms with Gasteiger partial charge < -0.3 is 19.8 Å². The Morgan fingerprint density at radius 1 is 1.21 bits per heavy atom. The Labute approximate surface area is 169 Å². The molecule has 0 amide bonds. The number of likely N-dealkylation sites (tertiary alicyclic amines) is 1. The Morgan fingerprint density at radius 3 is 2.83 bits per heavy atom. The molecule has 4 heterocycles. The number of nitrogens with zero attached hydrogens (tertiary/aromatic N) is 3. The number of fused-ring (bicyclic) bond motifs is 1. The normalized spacial score (nSPS) is 18.9. The molecule has 7 heteroatoms. The van der Waals surface area contributed by atoms with E-state index in [0.29, 0.717) is 13.2 Å². The summed E-state index contributed by atoms with van der Waals surface area (Å²) in [6.45, 7) is 4.11. The van der Waals surface area contributed by atoms with Gasteiger partial charge in [0.2, 0.25) is 0 Å². The summed E-state index contributed by atoms with van der Waals surface area (Å²) in [5.74, 6) is 3.09. The van der Waals surface area contributed by atoms with Gasteiger partial charge in [0, 0.05) is 49.9 Å². The van der Waals surface area contributed by atoms with Crippen LogP contribution in [0.5, 0.6) is 0 Å². The highest BCUT2D eigenvalue weighted by Crippen LogP contribution is 2.33. The summed E-state index contributed by atoms with van der Waals surface area (Å²) in [7, 11) is 0. The molecular weight excluding hydrogens is 366 g/mol. The lowest BCUT2D eigenvalue weighted by atomic mass is 10.0. The van der Waals surface area contributed by atoms with Crippen LogP contribution >= 0.6 is 0 Å². The van der Waals surface area contributed by atoms with Crippen molar-refractivity contribution in [3.05, 3.63) is 47.9 Å². The molecule has 0 unspecified atom stereocenters. The number of hydrogen-bond donors (Lipinski definition) is 2. The minimum absolute atomic E-state index is 0.353. The van der Waals surface area contributed by atoms with Crippen molar-refractivity contribution in [2.24, 2.45) is 0 Å². The maximum absolute atomic E-state index is 5.84. The number of aromatic amines is 1. The summed E-state index contributed by atoms with van der Waals surface area (Å²) in [5, 5.41) is 4.41. The standard InChI is InChI=1S/C22H23N5O2/c1-2-16-4-3-5-18(12-16)26-21-19-17(13-23-20(19)24-15-25-21)14-27-8-6-22(7-9-27)28-10-11-29-22/h1,3-5,12-13,15H,6-11,14H2,(H2,23,24,25,26). The van der Waals surface area contributed by atoms with Gasteiger partial charge in [-0.1, -0.05) is 12.0 Å². The first-order valence-corrected chi connectivity index (χ1v) is 9.90. The lowest BCUT2D eigenvalue weighted by Gasteiger charge is -2.37. The lowest BCUT2D eigenvalue weighted by Crippen LogP contribution is -2.44. The van der Waals surface area contributed by atoms with Gasteiger partial charge in [-0.25, -0.2) is 9.97 Å². The topological polar surface area (TPSA) is 75.3 Å². The Morgan fingerprint density at radius 2 is 2.03 bits per heavy atom. The minimum Gasteiger partial charge on any atom is -0.347 e.